The van der Waals surface area contributed by atoms with Gasteiger partial charge in [-0.05, 0) is 49.1 Å². The maximum atomic E-state index is 12.0. The third kappa shape index (κ3) is 2.57. The fraction of sp³-hybridized carbons (Fsp3) is 0.600. The smallest absolute Gasteiger partial charge is 0.252 e. The molecule has 1 aromatic rings. The number of carbonyl (C=O) groups is 1. The Morgan fingerprint density at radius 1 is 1.37 bits per heavy atom. The zero-order chi connectivity index (χ0) is 13.2. The highest BCUT2D eigenvalue weighted by Gasteiger charge is 2.39. The Morgan fingerprint density at radius 2 is 2.26 bits per heavy atom. The molecule has 3 atom stereocenters. The molecule has 102 valence electrons. The molecule has 2 fully saturated rings. The molecule has 0 aromatic carbocycles. The molecule has 4 nitrogen and oxygen atoms in total. The molecule has 0 saturated heterocycles. The summed E-state index contributed by atoms with van der Waals surface area (Å²) in [7, 11) is 1.82. The van der Waals surface area contributed by atoms with Crippen LogP contribution in [0.3, 0.4) is 0 Å². The molecular formula is C15H21N3O. The van der Waals surface area contributed by atoms with Gasteiger partial charge in [-0.2, -0.15) is 0 Å². The fourth-order valence-corrected chi connectivity index (χ4v) is 3.63. The molecule has 1 aromatic heterocycles. The Balaban J connectivity index is 1.53. The monoisotopic (exact) mass is 259 g/mol. The number of pyridine rings is 1. The maximum Gasteiger partial charge on any atom is 0.252 e. The Kier molecular flexibility index (Phi) is 3.40. The second-order valence-corrected chi connectivity index (χ2v) is 5.83. The van der Waals surface area contributed by atoms with Gasteiger partial charge in [-0.25, -0.2) is 4.98 Å². The van der Waals surface area contributed by atoms with Gasteiger partial charge in [0.05, 0.1) is 5.56 Å². The van der Waals surface area contributed by atoms with Gasteiger partial charge in [0.1, 0.15) is 5.82 Å². The Hall–Kier alpha value is -1.58. The number of nitrogens with zero attached hydrogens (tertiary/aromatic N) is 1. The third-order valence-corrected chi connectivity index (χ3v) is 4.69. The first kappa shape index (κ1) is 12.5. The van der Waals surface area contributed by atoms with Crippen LogP contribution >= 0.6 is 0 Å². The SMILES string of the molecule is CNc1ccc(C(=O)NCC2CC3CCC2C3)cn1. The molecular weight excluding hydrogens is 238 g/mol. The van der Waals surface area contributed by atoms with Gasteiger partial charge in [-0.15, -0.1) is 0 Å². The van der Waals surface area contributed by atoms with E-state index in [2.05, 4.69) is 15.6 Å². The zero-order valence-corrected chi connectivity index (χ0v) is 11.4. The van der Waals surface area contributed by atoms with E-state index in [-0.39, 0.29) is 5.91 Å². The van der Waals surface area contributed by atoms with Crippen LogP contribution < -0.4 is 10.6 Å². The molecule has 3 rings (SSSR count). The average molecular weight is 259 g/mol. The first-order valence-corrected chi connectivity index (χ1v) is 7.18. The largest absolute Gasteiger partial charge is 0.373 e. The van der Waals surface area contributed by atoms with Crippen molar-refractivity contribution in [3.63, 3.8) is 0 Å². The fourth-order valence-electron chi connectivity index (χ4n) is 3.63. The predicted octanol–water partition coefficient (Wildman–Crippen LogP) is 2.29. The van der Waals surface area contributed by atoms with Crippen molar-refractivity contribution in [3.8, 4) is 0 Å². The lowest BCUT2D eigenvalue weighted by atomic mass is 9.89. The number of aromatic nitrogens is 1. The summed E-state index contributed by atoms with van der Waals surface area (Å²) in [6.45, 7) is 0.827. The minimum atomic E-state index is -0.00192. The van der Waals surface area contributed by atoms with Gasteiger partial charge in [0.15, 0.2) is 0 Å². The molecule has 1 heterocycles. The van der Waals surface area contributed by atoms with Crippen LogP contribution in [0.5, 0.6) is 0 Å². The normalized spacial score (nSPS) is 28.4. The standard InChI is InChI=1S/C15H21N3O/c1-16-14-5-4-12(8-17-14)15(19)18-9-13-7-10-2-3-11(13)6-10/h4-5,8,10-11,13H,2-3,6-7,9H2,1H3,(H,16,17)(H,18,19). The van der Waals surface area contributed by atoms with E-state index in [4.69, 9.17) is 0 Å². The van der Waals surface area contributed by atoms with E-state index >= 15 is 0 Å². The summed E-state index contributed by atoms with van der Waals surface area (Å²) in [4.78, 5) is 16.2. The molecule has 4 heteroatoms. The van der Waals surface area contributed by atoms with Crippen molar-refractivity contribution in [2.45, 2.75) is 25.7 Å². The molecule has 2 bridgehead atoms. The van der Waals surface area contributed by atoms with Crippen LogP contribution in [-0.2, 0) is 0 Å². The number of hydrogen-bond donors (Lipinski definition) is 2. The quantitative estimate of drug-likeness (QED) is 0.872. The Bertz CT molecular complexity index is 457. The topological polar surface area (TPSA) is 54.0 Å². The average Bonchev–Trinajstić information content (AvgIpc) is 3.07. The van der Waals surface area contributed by atoms with Crippen LogP contribution in [0.25, 0.3) is 0 Å². The van der Waals surface area contributed by atoms with E-state index in [1.807, 2.05) is 19.2 Å². The first-order chi connectivity index (χ1) is 9.26. The van der Waals surface area contributed by atoms with Crippen molar-refractivity contribution >= 4 is 11.7 Å². The summed E-state index contributed by atoms with van der Waals surface area (Å²) in [5, 5.41) is 6.01. The maximum absolute atomic E-state index is 12.0. The molecule has 2 saturated carbocycles. The summed E-state index contributed by atoms with van der Waals surface area (Å²) >= 11 is 0. The zero-order valence-electron chi connectivity index (χ0n) is 11.4. The molecule has 0 radical (unpaired) electrons. The van der Waals surface area contributed by atoms with Crippen LogP contribution in [0.4, 0.5) is 5.82 Å². The number of nitrogens with one attached hydrogen (secondary N) is 2. The number of fused-ring (bicyclic) bond motifs is 2. The molecule has 0 aliphatic heterocycles. The van der Waals surface area contributed by atoms with E-state index in [9.17, 15) is 4.79 Å². The third-order valence-electron chi connectivity index (χ3n) is 4.69. The van der Waals surface area contributed by atoms with Gasteiger partial charge >= 0.3 is 0 Å². The van der Waals surface area contributed by atoms with E-state index in [1.165, 1.54) is 25.7 Å². The minimum absolute atomic E-state index is 0.00192. The second kappa shape index (κ2) is 5.19. The molecule has 0 spiro atoms. The van der Waals surface area contributed by atoms with Crippen molar-refractivity contribution in [1.29, 1.82) is 0 Å². The number of carbonyl (C=O) groups excluding carboxylic acids is 1. The van der Waals surface area contributed by atoms with Gasteiger partial charge in [0.25, 0.3) is 5.91 Å². The van der Waals surface area contributed by atoms with Gasteiger partial charge in [0, 0.05) is 19.8 Å². The summed E-state index contributed by atoms with van der Waals surface area (Å²) in [6.07, 6.45) is 7.09. The predicted molar refractivity (Wildman–Crippen MR) is 75.1 cm³/mol. The number of rotatable bonds is 4. The van der Waals surface area contributed by atoms with E-state index < -0.39 is 0 Å². The van der Waals surface area contributed by atoms with Gasteiger partial charge in [0.2, 0.25) is 0 Å². The van der Waals surface area contributed by atoms with Gasteiger partial charge in [-0.3, -0.25) is 4.79 Å². The van der Waals surface area contributed by atoms with E-state index in [0.29, 0.717) is 11.5 Å². The lowest BCUT2D eigenvalue weighted by molar-refractivity contribution is 0.0941. The van der Waals surface area contributed by atoms with Crippen molar-refractivity contribution in [3.05, 3.63) is 23.9 Å². The first-order valence-electron chi connectivity index (χ1n) is 7.18. The highest BCUT2D eigenvalue weighted by molar-refractivity contribution is 5.94. The Morgan fingerprint density at radius 3 is 2.84 bits per heavy atom. The van der Waals surface area contributed by atoms with Crippen molar-refractivity contribution < 1.29 is 4.79 Å². The van der Waals surface area contributed by atoms with Crippen molar-refractivity contribution in [2.75, 3.05) is 18.9 Å². The van der Waals surface area contributed by atoms with Crippen LogP contribution in [0, 0.1) is 17.8 Å². The lowest BCUT2D eigenvalue weighted by Gasteiger charge is -2.21. The van der Waals surface area contributed by atoms with E-state index in [0.717, 1.165) is 24.2 Å². The summed E-state index contributed by atoms with van der Waals surface area (Å²) in [5.41, 5.74) is 0.641. The lowest BCUT2D eigenvalue weighted by Crippen LogP contribution is -2.31. The highest BCUT2D eigenvalue weighted by atomic mass is 16.1. The number of amides is 1. The van der Waals surface area contributed by atoms with Gasteiger partial charge in [-0.1, -0.05) is 6.42 Å². The van der Waals surface area contributed by atoms with Crippen LogP contribution in [0.2, 0.25) is 0 Å². The Labute approximate surface area is 114 Å². The van der Waals surface area contributed by atoms with Gasteiger partial charge < -0.3 is 10.6 Å². The molecule has 2 aliphatic rings. The number of anilines is 1. The summed E-state index contributed by atoms with van der Waals surface area (Å²) < 4.78 is 0. The molecule has 1 amide bonds. The van der Waals surface area contributed by atoms with Crippen LogP contribution in [0.1, 0.15) is 36.0 Å². The van der Waals surface area contributed by atoms with Crippen molar-refractivity contribution in [1.82, 2.24) is 10.3 Å². The molecule has 2 N–H and O–H groups in total. The molecule has 19 heavy (non-hydrogen) atoms. The molecule has 3 unspecified atom stereocenters. The van der Waals surface area contributed by atoms with Crippen LogP contribution in [-0.4, -0.2) is 24.5 Å². The summed E-state index contributed by atoms with van der Waals surface area (Å²) in [6, 6.07) is 3.64. The van der Waals surface area contributed by atoms with Crippen molar-refractivity contribution in [2.24, 2.45) is 17.8 Å². The van der Waals surface area contributed by atoms with Crippen LogP contribution in [0.15, 0.2) is 18.3 Å². The molecule has 2 aliphatic carbocycles. The minimum Gasteiger partial charge on any atom is -0.373 e. The van der Waals surface area contributed by atoms with E-state index in [1.54, 1.807) is 6.20 Å². The summed E-state index contributed by atoms with van der Waals surface area (Å²) in [5.74, 6) is 3.27. The second-order valence-electron chi connectivity index (χ2n) is 5.83. The number of hydrogen-bond acceptors (Lipinski definition) is 3. The highest BCUT2D eigenvalue weighted by Crippen LogP contribution is 2.47.